The first-order chi connectivity index (χ1) is 21.3. The van der Waals surface area contributed by atoms with Crippen LogP contribution in [0.15, 0.2) is 81.0 Å². The van der Waals surface area contributed by atoms with Crippen LogP contribution in [0.25, 0.3) is 0 Å². The topological polar surface area (TPSA) is 88.7 Å². The maximum Gasteiger partial charge on any atom is 0.305 e. The van der Waals surface area contributed by atoms with Crippen molar-refractivity contribution in [3.63, 3.8) is 0 Å². The number of carbonyl (C=O) groups excluding carboxylic acids is 2. The van der Waals surface area contributed by atoms with E-state index in [0.717, 1.165) is 31.9 Å². The van der Waals surface area contributed by atoms with E-state index in [1.165, 1.54) is 21.8 Å². The minimum absolute atomic E-state index is 0.0400. The summed E-state index contributed by atoms with van der Waals surface area (Å²) in [6.45, 7) is 2.48. The average Bonchev–Trinajstić information content (AvgIpc) is 3.76. The number of nitrogens with zero attached hydrogens (tertiary/aromatic N) is 1. The lowest BCUT2D eigenvalue weighted by atomic mass is 9.68. The number of amides is 2. The van der Waals surface area contributed by atoms with Gasteiger partial charge in [-0.25, -0.2) is 0 Å². The summed E-state index contributed by atoms with van der Waals surface area (Å²) in [4.78, 5) is 45.9. The van der Waals surface area contributed by atoms with Crippen molar-refractivity contribution in [2.75, 3.05) is 12.0 Å². The molecule has 1 N–H and O–H groups in total. The van der Waals surface area contributed by atoms with Gasteiger partial charge < -0.3 is 14.5 Å². The van der Waals surface area contributed by atoms with Crippen molar-refractivity contribution in [1.29, 1.82) is 0 Å². The van der Waals surface area contributed by atoms with E-state index in [1.807, 2.05) is 36.4 Å². The highest BCUT2D eigenvalue weighted by Gasteiger charge is 2.69. The Morgan fingerprint density at radius 3 is 2.39 bits per heavy atom. The van der Waals surface area contributed by atoms with Crippen LogP contribution in [0.2, 0.25) is 0 Å². The molecule has 44 heavy (non-hydrogen) atoms. The van der Waals surface area contributed by atoms with E-state index >= 15 is 0 Å². The number of aryl methyl sites for hydroxylation is 1. The van der Waals surface area contributed by atoms with Crippen LogP contribution in [-0.4, -0.2) is 29.2 Å². The van der Waals surface area contributed by atoms with Crippen LogP contribution in [0.5, 0.6) is 11.5 Å². The molecule has 7 nitrogen and oxygen atoms in total. The Kier molecular flexibility index (Phi) is 6.80. The lowest BCUT2D eigenvalue weighted by Crippen LogP contribution is -2.42. The summed E-state index contributed by atoms with van der Waals surface area (Å²) in [5.74, 6) is 0.527. The van der Waals surface area contributed by atoms with Gasteiger partial charge in [0, 0.05) is 20.5 Å². The number of rotatable bonds is 6. The highest BCUT2D eigenvalue weighted by molar-refractivity contribution is 9.10. The lowest BCUT2D eigenvalue weighted by molar-refractivity contribution is -0.123. The number of methoxy groups -OCH3 is 1. The molecule has 10 heteroatoms. The molecule has 3 aromatic carbocycles. The Morgan fingerprint density at radius 2 is 1.66 bits per heavy atom. The summed E-state index contributed by atoms with van der Waals surface area (Å²) >= 11 is 6.39. The summed E-state index contributed by atoms with van der Waals surface area (Å²) in [5.41, 5.74) is 3.92. The van der Waals surface area contributed by atoms with Crippen LogP contribution in [0, 0.1) is 36.5 Å². The Morgan fingerprint density at radius 1 is 0.932 bits per heavy atom. The Hall–Kier alpha value is -3.34. The fraction of sp³-hybridized carbons (Fsp3) is 0.324. The Bertz CT molecular complexity index is 1850. The van der Waals surface area contributed by atoms with Crippen molar-refractivity contribution in [3.05, 3.63) is 102 Å². The molecule has 2 saturated carbocycles. The maximum absolute atomic E-state index is 14.0. The van der Waals surface area contributed by atoms with E-state index in [4.69, 9.17) is 9.47 Å². The number of H-pyrrole nitrogens is 1. The molecule has 3 fully saturated rings. The second-order valence-electron chi connectivity index (χ2n) is 12.1. The summed E-state index contributed by atoms with van der Waals surface area (Å²) in [7, 11) is 1.64. The molecule has 4 aliphatic rings. The number of hydrogen-bond donors (Lipinski definition) is 1. The van der Waals surface area contributed by atoms with Crippen molar-refractivity contribution in [1.82, 2.24) is 4.98 Å². The van der Waals surface area contributed by atoms with Gasteiger partial charge >= 0.3 is 4.87 Å². The number of benzene rings is 3. The van der Waals surface area contributed by atoms with E-state index < -0.39 is 0 Å². The number of thioether (sulfide) groups is 1. The van der Waals surface area contributed by atoms with Gasteiger partial charge in [0.1, 0.15) is 6.61 Å². The first-order valence-corrected chi connectivity index (χ1v) is 17.2. The van der Waals surface area contributed by atoms with Crippen LogP contribution in [0.4, 0.5) is 5.69 Å². The third-order valence-corrected chi connectivity index (χ3v) is 13.0. The zero-order valence-corrected chi connectivity index (χ0v) is 27.2. The average molecular weight is 690 g/mol. The normalized spacial score (nSPS) is 28.2. The number of aromatic nitrogens is 1. The van der Waals surface area contributed by atoms with Gasteiger partial charge in [-0.3, -0.25) is 19.3 Å². The molecular formula is C34H29BrN2O5S2. The number of halogens is 1. The third kappa shape index (κ3) is 4.32. The smallest absolute Gasteiger partial charge is 0.305 e. The molecule has 2 aliphatic heterocycles. The molecule has 8 rings (SSSR count). The summed E-state index contributed by atoms with van der Waals surface area (Å²) in [6.07, 6.45) is 0.841. The van der Waals surface area contributed by atoms with Gasteiger partial charge in [0.15, 0.2) is 11.5 Å². The second kappa shape index (κ2) is 10.6. The van der Waals surface area contributed by atoms with Crippen molar-refractivity contribution in [2.45, 2.75) is 36.1 Å². The minimum Gasteiger partial charge on any atom is -0.493 e. The molecular weight excluding hydrogens is 660 g/mol. The van der Waals surface area contributed by atoms with Crippen molar-refractivity contribution in [3.8, 4) is 11.5 Å². The van der Waals surface area contributed by atoms with Gasteiger partial charge in [-0.05, 0) is 78.6 Å². The van der Waals surface area contributed by atoms with Crippen molar-refractivity contribution in [2.24, 2.45) is 29.6 Å². The number of thiazole rings is 1. The molecule has 7 atom stereocenters. The molecule has 2 aliphatic carbocycles. The van der Waals surface area contributed by atoms with Gasteiger partial charge in [0.25, 0.3) is 0 Å². The van der Waals surface area contributed by atoms with Gasteiger partial charge in [0.2, 0.25) is 11.8 Å². The monoisotopic (exact) mass is 688 g/mol. The number of imide groups is 1. The molecule has 3 heterocycles. The summed E-state index contributed by atoms with van der Waals surface area (Å²) in [6, 6.07) is 21.7. The number of anilines is 1. The minimum atomic E-state index is -0.350. The van der Waals surface area contributed by atoms with Crippen LogP contribution in [0.3, 0.4) is 0 Å². The number of nitrogens with one attached hydrogen (secondary N) is 1. The van der Waals surface area contributed by atoms with Crippen LogP contribution >= 0.6 is 39.0 Å². The van der Waals surface area contributed by atoms with Gasteiger partial charge in [0.05, 0.1) is 29.7 Å². The number of carbonyl (C=O) groups is 2. The van der Waals surface area contributed by atoms with Crippen molar-refractivity contribution >= 4 is 56.5 Å². The number of hydrogen-bond acceptors (Lipinski definition) is 7. The fourth-order valence-corrected chi connectivity index (χ4v) is 11.2. The van der Waals surface area contributed by atoms with E-state index in [2.05, 4.69) is 58.2 Å². The summed E-state index contributed by atoms with van der Waals surface area (Å²) in [5, 5.41) is 1.00. The van der Waals surface area contributed by atoms with Crippen LogP contribution < -0.4 is 19.2 Å². The molecule has 1 saturated heterocycles. The van der Waals surface area contributed by atoms with E-state index in [0.29, 0.717) is 23.8 Å². The highest BCUT2D eigenvalue weighted by Crippen LogP contribution is 2.68. The number of ether oxygens (including phenoxy) is 2. The second-order valence-corrected chi connectivity index (χ2v) is 15.3. The lowest BCUT2D eigenvalue weighted by Gasteiger charge is -2.43. The standard InChI is InChI=1S/C34H29BrN2O5S2/c1-16-3-5-17(6-4-16)15-42-23-12-7-18(13-24(23)41-2)25-26-21-14-22(29(26)43-31-30(25)44-34(40)36-31)28-27(21)32(38)37(33(28)39)20-10-8-19(35)9-11-20/h3-13,21-22,25-29H,14-15H2,1-2H3,(H,36,40)/t21?,22?,25-,26?,27?,28?,29?/m1/s1. The first kappa shape index (κ1) is 28.2. The first-order valence-electron chi connectivity index (χ1n) is 14.7. The maximum atomic E-state index is 14.0. The van der Waals surface area contributed by atoms with Gasteiger partial charge in [-0.1, -0.05) is 63.2 Å². The molecule has 2 amide bonds. The Balaban J connectivity index is 1.14. The van der Waals surface area contributed by atoms with Crippen LogP contribution in [0.1, 0.15) is 33.9 Å². The van der Waals surface area contributed by atoms with E-state index in [9.17, 15) is 14.4 Å². The van der Waals surface area contributed by atoms with Gasteiger partial charge in [-0.15, -0.1) is 11.8 Å². The number of aromatic amines is 1. The molecule has 1 aromatic heterocycles. The fourth-order valence-electron chi connectivity index (χ4n) is 8.08. The molecule has 224 valence electrons. The van der Waals surface area contributed by atoms with E-state index in [-0.39, 0.29) is 57.4 Å². The summed E-state index contributed by atoms with van der Waals surface area (Å²) < 4.78 is 12.9. The SMILES string of the molecule is COc1cc([C@H]2c3sc(=O)[nH]c3SC3C4CC(C5C(=O)N(c6ccc(Br)cc6)C(=O)C45)C32)ccc1OCc1ccc(C)cc1. The predicted molar refractivity (Wildman–Crippen MR) is 174 cm³/mol. The Labute approximate surface area is 271 Å². The van der Waals surface area contributed by atoms with Gasteiger partial charge in [-0.2, -0.15) is 0 Å². The zero-order chi connectivity index (χ0) is 30.3. The quantitative estimate of drug-likeness (QED) is 0.225. The molecule has 0 spiro atoms. The molecule has 0 radical (unpaired) electrons. The molecule has 2 bridgehead atoms. The molecule has 4 aromatic rings. The van der Waals surface area contributed by atoms with Crippen molar-refractivity contribution < 1.29 is 19.1 Å². The zero-order valence-electron chi connectivity index (χ0n) is 24.0. The largest absolute Gasteiger partial charge is 0.493 e. The highest BCUT2D eigenvalue weighted by atomic mass is 79.9. The van der Waals surface area contributed by atoms with E-state index in [1.54, 1.807) is 18.9 Å². The predicted octanol–water partition coefficient (Wildman–Crippen LogP) is 6.77. The van der Waals surface area contributed by atoms with Crippen LogP contribution in [-0.2, 0) is 16.2 Å². The number of fused-ring (bicyclic) bond motifs is 9. The third-order valence-electron chi connectivity index (χ3n) is 9.87. The molecule has 6 unspecified atom stereocenters.